The van der Waals surface area contributed by atoms with Crippen molar-refractivity contribution in [2.45, 2.75) is 11.5 Å². The molecule has 2 aromatic heterocycles. The monoisotopic (exact) mass is 576 g/mol. The zero-order valence-corrected chi connectivity index (χ0v) is 23.8. The molecule has 0 fully saturated rings. The molecule has 0 atom stereocenters. The minimum atomic E-state index is -3.38. The molecule has 0 spiro atoms. The summed E-state index contributed by atoms with van der Waals surface area (Å²) >= 11 is 0. The normalized spacial score (nSPS) is 14.2. The number of hydrogen-bond donors (Lipinski definition) is 0. The average molecular weight is 577 g/mol. The van der Waals surface area contributed by atoms with Gasteiger partial charge in [0.05, 0.1) is 11.5 Å². The Labute approximate surface area is 247 Å². The van der Waals surface area contributed by atoms with E-state index in [4.69, 9.17) is 8.83 Å². The number of rotatable bonds is 2. The molecule has 0 bridgehead atoms. The second-order valence-corrected chi connectivity index (χ2v) is 13.4. The molecule has 8 aromatic rings. The van der Waals surface area contributed by atoms with E-state index in [2.05, 4.69) is 48.5 Å². The summed E-state index contributed by atoms with van der Waals surface area (Å²) in [5.74, 6) is -0.00231. The van der Waals surface area contributed by atoms with Gasteiger partial charge in [0.25, 0.3) is 0 Å². The molecule has 0 saturated carbocycles. The Bertz CT molecular complexity index is 2530. The SMILES string of the molecule is O=S1(=O)Cc2cc(-c3cccc4oc5ccccc5c34)ccc2-c2cc(-c3cccc4oc5ccccc5c34)ccc2C1. The molecule has 4 nitrogen and oxygen atoms in total. The third-order valence-corrected chi connectivity index (χ3v) is 10.2. The van der Waals surface area contributed by atoms with Gasteiger partial charge in [-0.3, -0.25) is 0 Å². The minimum Gasteiger partial charge on any atom is -0.456 e. The van der Waals surface area contributed by atoms with Crippen LogP contribution in [0.3, 0.4) is 0 Å². The van der Waals surface area contributed by atoms with Crippen molar-refractivity contribution in [3.05, 3.63) is 132 Å². The first kappa shape index (κ1) is 24.5. The third kappa shape index (κ3) is 3.78. The predicted octanol–water partition coefficient (Wildman–Crippen LogP) is 9.91. The van der Waals surface area contributed by atoms with E-state index in [1.54, 1.807) is 0 Å². The maximum atomic E-state index is 13.4. The van der Waals surface area contributed by atoms with E-state index in [0.29, 0.717) is 0 Å². The van der Waals surface area contributed by atoms with E-state index in [1.165, 1.54) is 0 Å². The summed E-state index contributed by atoms with van der Waals surface area (Å²) in [4.78, 5) is 0. The first-order valence-electron chi connectivity index (χ1n) is 14.3. The van der Waals surface area contributed by atoms with Crippen LogP contribution in [0.15, 0.2) is 130 Å². The largest absolute Gasteiger partial charge is 0.456 e. The lowest BCUT2D eigenvalue weighted by molar-refractivity contribution is 0.595. The maximum absolute atomic E-state index is 13.4. The van der Waals surface area contributed by atoms with E-state index in [0.717, 1.165) is 88.4 Å². The first-order chi connectivity index (χ1) is 21.0. The van der Waals surface area contributed by atoms with Crippen molar-refractivity contribution in [3.8, 4) is 33.4 Å². The summed E-state index contributed by atoms with van der Waals surface area (Å²) in [6, 6.07) is 40.7. The zero-order chi connectivity index (χ0) is 28.7. The number of fused-ring (bicyclic) bond motifs is 9. The van der Waals surface area contributed by atoms with Crippen LogP contribution in [-0.2, 0) is 21.3 Å². The van der Waals surface area contributed by atoms with E-state index < -0.39 is 9.84 Å². The van der Waals surface area contributed by atoms with E-state index in [9.17, 15) is 8.42 Å². The fourth-order valence-electron chi connectivity index (χ4n) is 6.82. The topological polar surface area (TPSA) is 60.4 Å². The molecule has 3 heterocycles. The highest BCUT2D eigenvalue weighted by molar-refractivity contribution is 7.89. The van der Waals surface area contributed by atoms with Crippen LogP contribution < -0.4 is 0 Å². The molecule has 0 amide bonds. The summed E-state index contributed by atoms with van der Waals surface area (Å²) in [6.45, 7) is 0. The highest BCUT2D eigenvalue weighted by Crippen LogP contribution is 2.43. The Morgan fingerprint density at radius 1 is 0.442 bits per heavy atom. The molecule has 0 saturated heterocycles. The maximum Gasteiger partial charge on any atom is 0.158 e. The van der Waals surface area contributed by atoms with Crippen molar-refractivity contribution in [2.75, 3.05) is 0 Å². The third-order valence-electron chi connectivity index (χ3n) is 8.68. The molecule has 0 N–H and O–H groups in total. The summed E-state index contributed by atoms with van der Waals surface area (Å²) in [5, 5.41) is 4.22. The van der Waals surface area contributed by atoms with Crippen LogP contribution in [0.5, 0.6) is 0 Å². The Kier molecular flexibility index (Phi) is 5.08. The van der Waals surface area contributed by atoms with Gasteiger partial charge in [0.2, 0.25) is 0 Å². The molecule has 0 unspecified atom stereocenters. The fourth-order valence-corrected chi connectivity index (χ4v) is 8.36. The van der Waals surface area contributed by atoms with E-state index >= 15 is 0 Å². The quantitative estimate of drug-likeness (QED) is 0.205. The Morgan fingerprint density at radius 2 is 0.977 bits per heavy atom. The molecular formula is C38H24O4S. The van der Waals surface area contributed by atoms with Crippen LogP contribution in [-0.4, -0.2) is 8.42 Å². The van der Waals surface area contributed by atoms with Crippen molar-refractivity contribution >= 4 is 53.7 Å². The second kappa shape index (κ2) is 8.93. The van der Waals surface area contributed by atoms with Crippen molar-refractivity contribution in [1.29, 1.82) is 0 Å². The average Bonchev–Trinajstić information content (AvgIpc) is 3.56. The molecule has 9 rings (SSSR count). The van der Waals surface area contributed by atoms with Gasteiger partial charge in [-0.25, -0.2) is 8.42 Å². The van der Waals surface area contributed by atoms with Gasteiger partial charge in [0.15, 0.2) is 9.84 Å². The summed E-state index contributed by atoms with van der Waals surface area (Å²) in [5.41, 5.74) is 11.0. The van der Waals surface area contributed by atoms with Crippen LogP contribution in [0.4, 0.5) is 0 Å². The molecule has 0 radical (unpaired) electrons. The predicted molar refractivity (Wildman–Crippen MR) is 174 cm³/mol. The number of sulfone groups is 1. The van der Waals surface area contributed by atoms with Crippen LogP contribution in [0, 0.1) is 0 Å². The Morgan fingerprint density at radius 3 is 1.63 bits per heavy atom. The van der Waals surface area contributed by atoms with Crippen molar-refractivity contribution in [3.63, 3.8) is 0 Å². The molecule has 43 heavy (non-hydrogen) atoms. The second-order valence-electron chi connectivity index (χ2n) is 11.3. The molecule has 6 aromatic carbocycles. The van der Waals surface area contributed by atoms with Gasteiger partial charge in [-0.2, -0.15) is 0 Å². The van der Waals surface area contributed by atoms with Crippen LogP contribution in [0.2, 0.25) is 0 Å². The highest BCUT2D eigenvalue weighted by atomic mass is 32.2. The Balaban J connectivity index is 1.25. The molecule has 1 aliphatic rings. The number of furan rings is 2. The van der Waals surface area contributed by atoms with Crippen molar-refractivity contribution < 1.29 is 17.3 Å². The van der Waals surface area contributed by atoms with Gasteiger partial charge in [0, 0.05) is 21.5 Å². The zero-order valence-electron chi connectivity index (χ0n) is 23.0. The molecule has 0 aliphatic carbocycles. The van der Waals surface area contributed by atoms with Gasteiger partial charge in [-0.1, -0.05) is 84.9 Å². The fraction of sp³-hybridized carbons (Fsp3) is 0.0526. The summed E-state index contributed by atoms with van der Waals surface area (Å²) < 4.78 is 39.1. The number of benzene rings is 6. The van der Waals surface area contributed by atoms with Gasteiger partial charge in [-0.05, 0) is 80.9 Å². The Hall–Kier alpha value is -5.13. The molecule has 5 heteroatoms. The number of hydrogen-bond acceptors (Lipinski definition) is 4. The molecule has 1 aliphatic heterocycles. The lowest BCUT2D eigenvalue weighted by atomic mass is 9.89. The minimum absolute atomic E-state index is 0.00736. The van der Waals surface area contributed by atoms with Crippen molar-refractivity contribution in [2.24, 2.45) is 0 Å². The summed E-state index contributed by atoms with van der Waals surface area (Å²) in [7, 11) is -3.38. The van der Waals surface area contributed by atoms with Gasteiger partial charge >= 0.3 is 0 Å². The molecular weight excluding hydrogens is 552 g/mol. The van der Waals surface area contributed by atoms with E-state index in [-0.39, 0.29) is 11.5 Å². The standard InChI is InChI=1S/C38H24O4S/c39-43(40)21-25-16-15-24(29-10-6-14-36-38(29)31-8-2-4-12-34(31)42-36)20-32(25)27-18-17-23(19-26(27)22-43)28-9-5-13-35-37(28)30-7-1-3-11-33(30)41-35/h1-20H,21-22H2. The van der Waals surface area contributed by atoms with E-state index in [1.807, 2.05) is 72.8 Å². The van der Waals surface area contributed by atoms with Gasteiger partial charge in [0.1, 0.15) is 22.3 Å². The number of para-hydroxylation sites is 2. The van der Waals surface area contributed by atoms with Crippen molar-refractivity contribution in [1.82, 2.24) is 0 Å². The van der Waals surface area contributed by atoms with Gasteiger partial charge in [-0.15, -0.1) is 0 Å². The van der Waals surface area contributed by atoms with Crippen LogP contribution in [0.25, 0.3) is 77.3 Å². The lowest BCUT2D eigenvalue weighted by Gasteiger charge is -2.14. The summed E-state index contributed by atoms with van der Waals surface area (Å²) in [6.07, 6.45) is 0. The van der Waals surface area contributed by atoms with Crippen LogP contribution in [0.1, 0.15) is 11.1 Å². The lowest BCUT2D eigenvalue weighted by Crippen LogP contribution is -2.05. The molecule has 206 valence electrons. The smallest absolute Gasteiger partial charge is 0.158 e. The first-order valence-corrected chi connectivity index (χ1v) is 16.1. The highest BCUT2D eigenvalue weighted by Gasteiger charge is 2.25. The van der Waals surface area contributed by atoms with Gasteiger partial charge < -0.3 is 8.83 Å². The van der Waals surface area contributed by atoms with Crippen LogP contribution >= 0.6 is 0 Å².